The first kappa shape index (κ1) is 20.1. The molecule has 0 aliphatic heterocycles. The molecule has 0 saturated carbocycles. The van der Waals surface area contributed by atoms with Crippen molar-refractivity contribution in [3.8, 4) is 11.4 Å². The Labute approximate surface area is 170 Å². The molecule has 0 aliphatic rings. The third-order valence-electron chi connectivity index (χ3n) is 4.27. The molecule has 6 heteroatoms. The summed E-state index contributed by atoms with van der Waals surface area (Å²) in [5, 5.41) is 9.10. The van der Waals surface area contributed by atoms with Gasteiger partial charge in [-0.3, -0.25) is 4.79 Å². The maximum atomic E-state index is 12.6. The zero-order valence-corrected chi connectivity index (χ0v) is 17.3. The Bertz CT molecular complexity index is 925. The zero-order chi connectivity index (χ0) is 19.9. The molecule has 3 rings (SSSR count). The van der Waals surface area contributed by atoms with Gasteiger partial charge in [0.15, 0.2) is 11.0 Å². The minimum atomic E-state index is -0.480. The van der Waals surface area contributed by atoms with E-state index in [2.05, 4.69) is 40.7 Å². The molecule has 0 N–H and O–H groups in total. The molecule has 1 heterocycles. The highest BCUT2D eigenvalue weighted by atomic mass is 32.2. The van der Waals surface area contributed by atoms with Crippen LogP contribution in [0.4, 0.5) is 0 Å². The molecule has 2 aromatic carbocycles. The van der Waals surface area contributed by atoms with E-state index in [0.29, 0.717) is 6.61 Å². The molecule has 0 fully saturated rings. The third kappa shape index (κ3) is 4.62. The largest absolute Gasteiger partial charge is 0.465 e. The van der Waals surface area contributed by atoms with Gasteiger partial charge in [-0.1, -0.05) is 72.8 Å². The lowest BCUT2D eigenvalue weighted by Gasteiger charge is -2.16. The Kier molecular flexibility index (Phi) is 6.87. The number of rotatable bonds is 8. The highest BCUT2D eigenvalue weighted by Gasteiger charge is 2.27. The van der Waals surface area contributed by atoms with E-state index in [1.807, 2.05) is 49.4 Å². The van der Waals surface area contributed by atoms with E-state index < -0.39 is 5.25 Å². The summed E-state index contributed by atoms with van der Waals surface area (Å²) in [6.07, 6.45) is 0.944. The van der Waals surface area contributed by atoms with Crippen molar-refractivity contribution in [1.29, 1.82) is 0 Å². The second-order valence-electron chi connectivity index (χ2n) is 6.49. The maximum Gasteiger partial charge on any atom is 0.324 e. The first-order chi connectivity index (χ1) is 13.6. The van der Waals surface area contributed by atoms with Crippen LogP contribution in [-0.4, -0.2) is 27.3 Å². The Morgan fingerprint density at radius 1 is 1.11 bits per heavy atom. The smallest absolute Gasteiger partial charge is 0.324 e. The lowest BCUT2D eigenvalue weighted by atomic mass is 10.1. The van der Waals surface area contributed by atoms with Crippen molar-refractivity contribution in [1.82, 2.24) is 14.8 Å². The summed E-state index contributed by atoms with van der Waals surface area (Å²) in [4.78, 5) is 12.6. The monoisotopic (exact) mass is 395 g/mol. The second kappa shape index (κ2) is 9.55. The van der Waals surface area contributed by atoms with E-state index in [0.717, 1.165) is 35.1 Å². The molecule has 0 spiro atoms. The summed E-state index contributed by atoms with van der Waals surface area (Å²) in [6.45, 7) is 7.13. The lowest BCUT2D eigenvalue weighted by Crippen LogP contribution is -2.14. The van der Waals surface area contributed by atoms with Crippen molar-refractivity contribution in [2.45, 2.75) is 44.1 Å². The molecule has 28 heavy (non-hydrogen) atoms. The topological polar surface area (TPSA) is 57.0 Å². The summed E-state index contributed by atoms with van der Waals surface area (Å²) >= 11 is 1.39. The zero-order valence-electron chi connectivity index (χ0n) is 16.5. The third-order valence-corrected chi connectivity index (χ3v) is 5.48. The summed E-state index contributed by atoms with van der Waals surface area (Å²) in [5.74, 6) is 0.561. The van der Waals surface area contributed by atoms with Crippen LogP contribution in [0.15, 0.2) is 59.8 Å². The molecule has 0 aliphatic carbocycles. The van der Waals surface area contributed by atoms with Crippen molar-refractivity contribution < 1.29 is 9.53 Å². The van der Waals surface area contributed by atoms with Crippen molar-refractivity contribution in [2.24, 2.45) is 0 Å². The Morgan fingerprint density at radius 2 is 1.89 bits per heavy atom. The van der Waals surface area contributed by atoms with E-state index in [-0.39, 0.29) is 5.97 Å². The Balaban J connectivity index is 1.98. The quantitative estimate of drug-likeness (QED) is 0.394. The summed E-state index contributed by atoms with van der Waals surface area (Å²) in [5.41, 5.74) is 3.10. The van der Waals surface area contributed by atoms with Crippen LogP contribution in [-0.2, 0) is 16.1 Å². The molecule has 0 radical (unpaired) electrons. The van der Waals surface area contributed by atoms with Crippen molar-refractivity contribution in [3.63, 3.8) is 0 Å². The first-order valence-electron chi connectivity index (χ1n) is 9.52. The minimum Gasteiger partial charge on any atom is -0.465 e. The highest BCUT2D eigenvalue weighted by molar-refractivity contribution is 8.00. The fraction of sp³-hybridized carbons (Fsp3) is 0.318. The van der Waals surface area contributed by atoms with E-state index in [1.54, 1.807) is 0 Å². The molecular formula is C22H25N3O2S. The van der Waals surface area contributed by atoms with Gasteiger partial charge in [0.05, 0.1) is 6.61 Å². The summed E-state index contributed by atoms with van der Waals surface area (Å²) in [7, 11) is 0. The average molecular weight is 396 g/mol. The lowest BCUT2D eigenvalue weighted by molar-refractivity contribution is -0.142. The predicted molar refractivity (Wildman–Crippen MR) is 112 cm³/mol. The SMILES string of the molecule is CCCn1c(SC(C(=O)OCC)c2ccccc2)nnc1-c1cccc(C)c1. The van der Waals surface area contributed by atoms with E-state index in [1.165, 1.54) is 17.3 Å². The maximum absolute atomic E-state index is 12.6. The predicted octanol–water partition coefficient (Wildman–Crippen LogP) is 5.06. The van der Waals surface area contributed by atoms with Gasteiger partial charge in [0.25, 0.3) is 0 Å². The van der Waals surface area contributed by atoms with Crippen LogP contribution in [0.1, 0.15) is 36.6 Å². The Morgan fingerprint density at radius 3 is 2.57 bits per heavy atom. The number of thioether (sulfide) groups is 1. The van der Waals surface area contributed by atoms with Crippen LogP contribution < -0.4 is 0 Å². The van der Waals surface area contributed by atoms with Gasteiger partial charge < -0.3 is 9.30 Å². The number of benzene rings is 2. The van der Waals surface area contributed by atoms with Gasteiger partial charge in [-0.15, -0.1) is 10.2 Å². The van der Waals surface area contributed by atoms with Crippen molar-refractivity contribution in [3.05, 3.63) is 65.7 Å². The molecule has 0 amide bonds. The number of hydrogen-bond acceptors (Lipinski definition) is 5. The summed E-state index contributed by atoms with van der Waals surface area (Å²) in [6, 6.07) is 17.9. The second-order valence-corrected chi connectivity index (χ2v) is 7.56. The van der Waals surface area contributed by atoms with Gasteiger partial charge in [-0.05, 0) is 31.9 Å². The van der Waals surface area contributed by atoms with Crippen LogP contribution in [0.3, 0.4) is 0 Å². The Hall–Kier alpha value is -2.60. The number of esters is 1. The molecule has 0 saturated heterocycles. The van der Waals surface area contributed by atoms with Crippen LogP contribution in [0, 0.1) is 6.92 Å². The van der Waals surface area contributed by atoms with Gasteiger partial charge in [-0.2, -0.15) is 0 Å². The van der Waals surface area contributed by atoms with Gasteiger partial charge in [-0.25, -0.2) is 0 Å². The number of carbonyl (C=O) groups is 1. The fourth-order valence-electron chi connectivity index (χ4n) is 3.00. The highest BCUT2D eigenvalue weighted by Crippen LogP contribution is 2.37. The number of carbonyl (C=O) groups excluding carboxylic acids is 1. The molecule has 5 nitrogen and oxygen atoms in total. The molecule has 1 atom stereocenters. The molecule has 1 unspecified atom stereocenters. The number of nitrogens with zero attached hydrogens (tertiary/aromatic N) is 3. The molecular weight excluding hydrogens is 370 g/mol. The van der Waals surface area contributed by atoms with Crippen LogP contribution in [0.25, 0.3) is 11.4 Å². The number of ether oxygens (including phenoxy) is 1. The number of hydrogen-bond donors (Lipinski definition) is 0. The average Bonchev–Trinajstić information content (AvgIpc) is 3.09. The number of aromatic nitrogens is 3. The van der Waals surface area contributed by atoms with Crippen molar-refractivity contribution >= 4 is 17.7 Å². The van der Waals surface area contributed by atoms with Crippen LogP contribution in [0.5, 0.6) is 0 Å². The minimum absolute atomic E-state index is 0.262. The van der Waals surface area contributed by atoms with Crippen molar-refractivity contribution in [2.75, 3.05) is 6.61 Å². The van der Waals surface area contributed by atoms with Crippen LogP contribution >= 0.6 is 11.8 Å². The fourth-order valence-corrected chi connectivity index (χ4v) is 4.06. The molecule has 1 aromatic heterocycles. The first-order valence-corrected chi connectivity index (χ1v) is 10.4. The van der Waals surface area contributed by atoms with Gasteiger partial charge in [0.2, 0.25) is 0 Å². The van der Waals surface area contributed by atoms with E-state index in [9.17, 15) is 4.79 Å². The van der Waals surface area contributed by atoms with E-state index >= 15 is 0 Å². The molecule has 3 aromatic rings. The van der Waals surface area contributed by atoms with Gasteiger partial charge in [0.1, 0.15) is 5.25 Å². The standard InChI is InChI=1S/C22H25N3O2S/c1-4-14-25-20(18-13-9-10-16(3)15-18)23-24-22(25)28-19(21(26)27-5-2)17-11-7-6-8-12-17/h6-13,15,19H,4-5,14H2,1-3H3. The van der Waals surface area contributed by atoms with Crippen LogP contribution in [0.2, 0.25) is 0 Å². The number of aryl methyl sites for hydroxylation is 1. The molecule has 0 bridgehead atoms. The van der Waals surface area contributed by atoms with Gasteiger partial charge >= 0.3 is 5.97 Å². The van der Waals surface area contributed by atoms with E-state index in [4.69, 9.17) is 4.74 Å². The van der Waals surface area contributed by atoms with Gasteiger partial charge in [0, 0.05) is 12.1 Å². The molecule has 146 valence electrons. The normalized spacial score (nSPS) is 12.0. The summed E-state index contributed by atoms with van der Waals surface area (Å²) < 4.78 is 7.41.